The molecule has 0 atom stereocenters. The lowest BCUT2D eigenvalue weighted by atomic mass is 10.0. The third kappa shape index (κ3) is 4.22. The van der Waals surface area contributed by atoms with Crippen LogP contribution in [0, 0.1) is 0 Å². The second kappa shape index (κ2) is 9.90. The molecule has 4 aromatic carbocycles. The summed E-state index contributed by atoms with van der Waals surface area (Å²) >= 11 is 0. The largest absolute Gasteiger partial charge is 0.465 e. The molecule has 32 heavy (non-hydrogen) atoms. The van der Waals surface area contributed by atoms with Crippen molar-refractivity contribution in [3.63, 3.8) is 0 Å². The number of methoxy groups -OCH3 is 2. The van der Waals surface area contributed by atoms with Crippen molar-refractivity contribution in [2.45, 2.75) is 19.9 Å². The lowest BCUT2D eigenvalue weighted by molar-refractivity contribution is 0.0510. The Balaban J connectivity index is 2.04. The van der Waals surface area contributed by atoms with Crippen LogP contribution in [0.3, 0.4) is 0 Å². The smallest absolute Gasteiger partial charge is 0.188 e. The Kier molecular flexibility index (Phi) is 6.78. The Morgan fingerprint density at radius 2 is 1.06 bits per heavy atom. The zero-order valence-electron chi connectivity index (χ0n) is 19.0. The van der Waals surface area contributed by atoms with Crippen molar-refractivity contribution in [3.05, 3.63) is 72.8 Å². The average Bonchev–Trinajstić information content (AvgIpc) is 2.82. The molecule has 4 rings (SSSR count). The van der Waals surface area contributed by atoms with E-state index in [4.69, 9.17) is 18.9 Å². The first kappa shape index (κ1) is 21.9. The van der Waals surface area contributed by atoms with Crippen LogP contribution in [-0.2, 0) is 9.47 Å². The molecule has 0 amide bonds. The SMILES string of the molecule is COCOc1ccc2ccccc2c1N(c1c(OCOC)ccc2ccccc12)C(C)C. The second-order valence-electron chi connectivity index (χ2n) is 7.83. The third-order valence-corrected chi connectivity index (χ3v) is 5.39. The lowest BCUT2D eigenvalue weighted by Crippen LogP contribution is -2.27. The number of hydrogen-bond acceptors (Lipinski definition) is 5. The quantitative estimate of drug-likeness (QED) is 0.283. The number of hydrogen-bond donors (Lipinski definition) is 0. The molecular formula is C27H29NO4. The summed E-state index contributed by atoms with van der Waals surface area (Å²) < 4.78 is 22.5. The van der Waals surface area contributed by atoms with E-state index in [0.29, 0.717) is 0 Å². The molecule has 0 heterocycles. The van der Waals surface area contributed by atoms with E-state index >= 15 is 0 Å². The number of rotatable bonds is 9. The molecule has 5 heteroatoms. The van der Waals surface area contributed by atoms with Gasteiger partial charge in [-0.2, -0.15) is 0 Å². The highest BCUT2D eigenvalue weighted by Gasteiger charge is 2.25. The minimum atomic E-state index is 0.112. The van der Waals surface area contributed by atoms with Gasteiger partial charge in [0.1, 0.15) is 11.5 Å². The second-order valence-corrected chi connectivity index (χ2v) is 7.83. The number of benzene rings is 4. The van der Waals surface area contributed by atoms with Gasteiger partial charge in [0.25, 0.3) is 0 Å². The molecule has 0 bridgehead atoms. The van der Waals surface area contributed by atoms with Gasteiger partial charge in [0.05, 0.1) is 11.4 Å². The third-order valence-electron chi connectivity index (χ3n) is 5.39. The summed E-state index contributed by atoms with van der Waals surface area (Å²) in [7, 11) is 3.25. The molecule has 166 valence electrons. The van der Waals surface area contributed by atoms with Gasteiger partial charge in [-0.3, -0.25) is 0 Å². The van der Waals surface area contributed by atoms with Gasteiger partial charge in [-0.1, -0.05) is 60.7 Å². The van der Waals surface area contributed by atoms with Crippen LogP contribution in [0.5, 0.6) is 11.5 Å². The Labute approximate surface area is 189 Å². The molecular weight excluding hydrogens is 402 g/mol. The summed E-state index contributed by atoms with van der Waals surface area (Å²) in [5.41, 5.74) is 1.96. The molecule has 0 saturated heterocycles. The maximum Gasteiger partial charge on any atom is 0.188 e. The van der Waals surface area contributed by atoms with Crippen molar-refractivity contribution in [3.8, 4) is 11.5 Å². The highest BCUT2D eigenvalue weighted by atomic mass is 16.7. The van der Waals surface area contributed by atoms with E-state index in [1.165, 1.54) is 0 Å². The van der Waals surface area contributed by atoms with Gasteiger partial charge >= 0.3 is 0 Å². The molecule has 0 aliphatic rings. The molecule has 0 spiro atoms. The van der Waals surface area contributed by atoms with Crippen LogP contribution in [0.25, 0.3) is 21.5 Å². The van der Waals surface area contributed by atoms with Crippen LogP contribution >= 0.6 is 0 Å². The molecule has 0 aromatic heterocycles. The predicted octanol–water partition coefficient (Wildman–Crippen LogP) is 6.50. The van der Waals surface area contributed by atoms with E-state index in [1.54, 1.807) is 14.2 Å². The fourth-order valence-corrected chi connectivity index (χ4v) is 4.07. The zero-order chi connectivity index (χ0) is 22.5. The summed E-state index contributed by atoms with van der Waals surface area (Å²) in [6.07, 6.45) is 0. The van der Waals surface area contributed by atoms with Crippen molar-refractivity contribution in [1.82, 2.24) is 0 Å². The molecule has 4 aromatic rings. The monoisotopic (exact) mass is 431 g/mol. The zero-order valence-corrected chi connectivity index (χ0v) is 19.0. The van der Waals surface area contributed by atoms with Crippen molar-refractivity contribution in [2.24, 2.45) is 0 Å². The topological polar surface area (TPSA) is 40.2 Å². The van der Waals surface area contributed by atoms with Gasteiger partial charge < -0.3 is 23.8 Å². The van der Waals surface area contributed by atoms with Gasteiger partial charge in [-0.25, -0.2) is 0 Å². The lowest BCUT2D eigenvalue weighted by Gasteiger charge is -2.34. The first-order valence-electron chi connectivity index (χ1n) is 10.7. The maximum atomic E-state index is 6.05. The minimum absolute atomic E-state index is 0.112. The van der Waals surface area contributed by atoms with Crippen molar-refractivity contribution in [2.75, 3.05) is 32.7 Å². The summed E-state index contributed by atoms with van der Waals surface area (Å²) in [5.74, 6) is 1.51. The molecule has 0 aliphatic heterocycles. The van der Waals surface area contributed by atoms with E-state index in [0.717, 1.165) is 44.4 Å². The van der Waals surface area contributed by atoms with Crippen LogP contribution in [0.4, 0.5) is 11.4 Å². The van der Waals surface area contributed by atoms with Crippen LogP contribution < -0.4 is 14.4 Å². The average molecular weight is 432 g/mol. The van der Waals surface area contributed by atoms with Crippen LogP contribution in [0.1, 0.15) is 13.8 Å². The Bertz CT molecular complexity index is 1110. The number of ether oxygens (including phenoxy) is 4. The summed E-state index contributed by atoms with van der Waals surface area (Å²) in [4.78, 5) is 2.29. The first-order chi connectivity index (χ1) is 15.7. The van der Waals surface area contributed by atoms with Crippen LogP contribution in [-0.4, -0.2) is 33.8 Å². The Morgan fingerprint density at radius 3 is 1.47 bits per heavy atom. The van der Waals surface area contributed by atoms with Crippen molar-refractivity contribution < 1.29 is 18.9 Å². The summed E-state index contributed by atoms with van der Waals surface area (Å²) in [5, 5.41) is 4.47. The van der Waals surface area contributed by atoms with Gasteiger partial charge in [0, 0.05) is 31.0 Å². The molecule has 0 fully saturated rings. The Hall–Kier alpha value is -3.28. The molecule has 0 aliphatic carbocycles. The van der Waals surface area contributed by atoms with E-state index in [2.05, 4.69) is 67.3 Å². The van der Waals surface area contributed by atoms with Crippen LogP contribution in [0.15, 0.2) is 72.8 Å². The van der Waals surface area contributed by atoms with E-state index in [1.807, 2.05) is 24.3 Å². The van der Waals surface area contributed by atoms with Gasteiger partial charge in [0.15, 0.2) is 13.6 Å². The van der Waals surface area contributed by atoms with Crippen molar-refractivity contribution in [1.29, 1.82) is 0 Å². The van der Waals surface area contributed by atoms with Gasteiger partial charge in [-0.15, -0.1) is 0 Å². The Morgan fingerprint density at radius 1 is 0.625 bits per heavy atom. The van der Waals surface area contributed by atoms with E-state index in [9.17, 15) is 0 Å². The molecule has 0 N–H and O–H groups in total. The molecule has 0 unspecified atom stereocenters. The van der Waals surface area contributed by atoms with Gasteiger partial charge in [0.2, 0.25) is 0 Å². The first-order valence-corrected chi connectivity index (χ1v) is 10.7. The highest BCUT2D eigenvalue weighted by Crippen LogP contribution is 2.47. The number of anilines is 2. The standard InChI is InChI=1S/C27H29NO4/c1-19(2)28(26-22-11-7-5-9-20(22)13-15-24(26)31-17-29-3)27-23-12-8-6-10-21(23)14-16-25(27)32-18-30-4/h5-16,19H,17-18H2,1-4H3. The molecule has 0 saturated carbocycles. The fraction of sp³-hybridized carbons (Fsp3) is 0.259. The summed E-state index contributed by atoms with van der Waals surface area (Å²) in [6, 6.07) is 25.0. The molecule has 5 nitrogen and oxygen atoms in total. The number of nitrogens with zero attached hydrogens (tertiary/aromatic N) is 1. The summed E-state index contributed by atoms with van der Waals surface area (Å²) in [6.45, 7) is 4.67. The van der Waals surface area contributed by atoms with E-state index in [-0.39, 0.29) is 19.6 Å². The normalized spacial score (nSPS) is 11.3. The van der Waals surface area contributed by atoms with Gasteiger partial charge in [-0.05, 0) is 36.8 Å². The number of fused-ring (bicyclic) bond motifs is 2. The van der Waals surface area contributed by atoms with Crippen LogP contribution in [0.2, 0.25) is 0 Å². The predicted molar refractivity (Wildman–Crippen MR) is 130 cm³/mol. The van der Waals surface area contributed by atoms with Crippen molar-refractivity contribution >= 4 is 32.9 Å². The van der Waals surface area contributed by atoms with E-state index < -0.39 is 0 Å². The minimum Gasteiger partial charge on any atom is -0.465 e. The fourth-order valence-electron chi connectivity index (χ4n) is 4.07. The maximum absolute atomic E-state index is 6.05. The molecule has 0 radical (unpaired) electrons. The highest BCUT2D eigenvalue weighted by molar-refractivity contribution is 6.05.